The minimum atomic E-state index is 0.0665. The summed E-state index contributed by atoms with van der Waals surface area (Å²) in [5, 5.41) is 4.07. The van der Waals surface area contributed by atoms with E-state index in [4.69, 9.17) is 16.3 Å². The van der Waals surface area contributed by atoms with Gasteiger partial charge in [-0.1, -0.05) is 18.5 Å². The van der Waals surface area contributed by atoms with Crippen LogP contribution < -0.4 is 10.1 Å². The minimum Gasteiger partial charge on any atom is -0.478 e. The van der Waals surface area contributed by atoms with Gasteiger partial charge in [-0.3, -0.25) is 0 Å². The van der Waals surface area contributed by atoms with Crippen LogP contribution in [0, 0.1) is 0 Å². The van der Waals surface area contributed by atoms with Gasteiger partial charge in [0.25, 0.3) is 0 Å². The quantitative estimate of drug-likeness (QED) is 0.877. The first kappa shape index (κ1) is 14.3. The fraction of sp³-hybridized carbons (Fsp3) is 0.615. The number of rotatable bonds is 5. The number of nitrogens with one attached hydrogen (secondary N) is 1. The topological polar surface area (TPSA) is 34.1 Å². The Labute approximate surface area is 109 Å². The highest BCUT2D eigenvalue weighted by Crippen LogP contribution is 2.20. The van der Waals surface area contributed by atoms with Crippen LogP contribution in [0.1, 0.15) is 39.7 Å². The third kappa shape index (κ3) is 5.37. The summed E-state index contributed by atoms with van der Waals surface area (Å²) >= 11 is 6.10. The van der Waals surface area contributed by atoms with Crippen LogP contribution in [-0.4, -0.2) is 17.1 Å². The summed E-state index contributed by atoms with van der Waals surface area (Å²) in [6.07, 6.45) is 2.62. The summed E-state index contributed by atoms with van der Waals surface area (Å²) in [5.74, 6) is 0.641. The third-order valence-corrected chi connectivity index (χ3v) is 2.51. The largest absolute Gasteiger partial charge is 0.478 e. The van der Waals surface area contributed by atoms with Crippen molar-refractivity contribution in [3.05, 3.63) is 22.8 Å². The second-order valence-electron chi connectivity index (χ2n) is 5.07. The lowest BCUT2D eigenvalue weighted by molar-refractivity contribution is 0.304. The van der Waals surface area contributed by atoms with Gasteiger partial charge in [0.15, 0.2) is 0 Å². The Morgan fingerprint density at radius 3 is 2.71 bits per heavy atom. The van der Waals surface area contributed by atoms with Gasteiger partial charge in [-0.05, 0) is 32.8 Å². The molecule has 0 aromatic carbocycles. The van der Waals surface area contributed by atoms with Crippen LogP contribution in [0.25, 0.3) is 0 Å². The highest BCUT2D eigenvalue weighted by molar-refractivity contribution is 6.31. The van der Waals surface area contributed by atoms with Crippen LogP contribution in [0.15, 0.2) is 12.3 Å². The van der Waals surface area contributed by atoms with Crippen molar-refractivity contribution < 1.29 is 4.74 Å². The molecule has 1 aromatic heterocycles. The molecule has 0 bridgehead atoms. The average molecular weight is 257 g/mol. The van der Waals surface area contributed by atoms with Crippen molar-refractivity contribution in [2.75, 3.05) is 6.61 Å². The predicted molar refractivity (Wildman–Crippen MR) is 71.6 cm³/mol. The van der Waals surface area contributed by atoms with Gasteiger partial charge in [0.1, 0.15) is 0 Å². The molecule has 17 heavy (non-hydrogen) atoms. The molecule has 0 fully saturated rings. The molecule has 0 aliphatic rings. The lowest BCUT2D eigenvalue weighted by Crippen LogP contribution is -2.35. The number of aromatic nitrogens is 1. The van der Waals surface area contributed by atoms with E-state index >= 15 is 0 Å². The first-order chi connectivity index (χ1) is 7.92. The molecule has 1 N–H and O–H groups in total. The molecule has 0 spiro atoms. The molecular formula is C13H21ClN2O. The fourth-order valence-electron chi connectivity index (χ4n) is 1.24. The van der Waals surface area contributed by atoms with E-state index in [2.05, 4.69) is 38.0 Å². The smallest absolute Gasteiger partial charge is 0.213 e. The van der Waals surface area contributed by atoms with Gasteiger partial charge >= 0.3 is 0 Å². The number of ether oxygens (including phenoxy) is 1. The van der Waals surface area contributed by atoms with E-state index in [9.17, 15) is 0 Å². The van der Waals surface area contributed by atoms with Gasteiger partial charge in [0.05, 0.1) is 11.6 Å². The van der Waals surface area contributed by atoms with Crippen LogP contribution in [-0.2, 0) is 6.54 Å². The van der Waals surface area contributed by atoms with Gasteiger partial charge in [-0.15, -0.1) is 0 Å². The first-order valence-electron chi connectivity index (χ1n) is 5.94. The van der Waals surface area contributed by atoms with E-state index in [1.54, 1.807) is 6.20 Å². The number of nitrogens with zero attached hydrogens (tertiary/aromatic N) is 1. The highest BCUT2D eigenvalue weighted by atomic mass is 35.5. The molecule has 0 saturated carbocycles. The lowest BCUT2D eigenvalue weighted by atomic mass is 10.1. The van der Waals surface area contributed by atoms with Gasteiger partial charge in [-0.25, -0.2) is 4.98 Å². The Balaban J connectivity index is 2.69. The Morgan fingerprint density at radius 2 is 2.12 bits per heavy atom. The second kappa shape index (κ2) is 6.22. The van der Waals surface area contributed by atoms with Gasteiger partial charge in [0, 0.05) is 24.3 Å². The summed E-state index contributed by atoms with van der Waals surface area (Å²) < 4.78 is 5.49. The number of hydrogen-bond donors (Lipinski definition) is 1. The molecule has 0 aliphatic heterocycles. The minimum absolute atomic E-state index is 0.0665. The number of pyridine rings is 1. The molecule has 0 unspecified atom stereocenters. The van der Waals surface area contributed by atoms with Crippen molar-refractivity contribution in [2.45, 2.75) is 46.2 Å². The predicted octanol–water partition coefficient (Wildman–Crippen LogP) is 3.41. The highest BCUT2D eigenvalue weighted by Gasteiger charge is 2.11. The number of halogens is 1. The zero-order valence-electron chi connectivity index (χ0n) is 11.0. The van der Waals surface area contributed by atoms with Crippen LogP contribution in [0.4, 0.5) is 0 Å². The maximum absolute atomic E-state index is 6.10. The Bertz CT molecular complexity index is 361. The fourth-order valence-corrected chi connectivity index (χ4v) is 1.41. The van der Waals surface area contributed by atoms with Crippen molar-refractivity contribution >= 4 is 11.6 Å². The molecule has 4 heteroatoms. The maximum atomic E-state index is 6.10. The van der Waals surface area contributed by atoms with Crippen LogP contribution >= 0.6 is 11.6 Å². The summed E-state index contributed by atoms with van der Waals surface area (Å²) in [6, 6.07) is 1.90. The monoisotopic (exact) mass is 256 g/mol. The van der Waals surface area contributed by atoms with E-state index in [1.807, 2.05) is 6.07 Å². The normalized spacial score (nSPS) is 11.6. The van der Waals surface area contributed by atoms with Crippen molar-refractivity contribution in [2.24, 2.45) is 0 Å². The average Bonchev–Trinajstić information content (AvgIpc) is 2.25. The summed E-state index contributed by atoms with van der Waals surface area (Å²) in [6.45, 7) is 9.83. The third-order valence-electron chi connectivity index (χ3n) is 2.17. The zero-order valence-corrected chi connectivity index (χ0v) is 11.8. The summed E-state index contributed by atoms with van der Waals surface area (Å²) in [7, 11) is 0. The van der Waals surface area contributed by atoms with Gasteiger partial charge < -0.3 is 10.1 Å². The molecule has 1 rings (SSSR count). The van der Waals surface area contributed by atoms with Crippen molar-refractivity contribution in [1.82, 2.24) is 10.3 Å². The molecule has 96 valence electrons. The van der Waals surface area contributed by atoms with Crippen molar-refractivity contribution in [1.29, 1.82) is 0 Å². The van der Waals surface area contributed by atoms with E-state index in [1.165, 1.54) is 0 Å². The molecule has 1 aromatic rings. The van der Waals surface area contributed by atoms with E-state index in [0.29, 0.717) is 24.1 Å². The Morgan fingerprint density at radius 1 is 1.41 bits per heavy atom. The standard InChI is InChI=1S/C13H21ClN2O/c1-5-6-17-12-7-10(11(14)9-15-12)8-16-13(2,3)4/h7,9,16H,5-6,8H2,1-4H3. The number of hydrogen-bond acceptors (Lipinski definition) is 3. The van der Waals surface area contributed by atoms with Crippen molar-refractivity contribution in [3.8, 4) is 5.88 Å². The molecule has 0 amide bonds. The van der Waals surface area contributed by atoms with E-state index in [0.717, 1.165) is 12.0 Å². The Kier molecular flexibility index (Phi) is 5.22. The maximum Gasteiger partial charge on any atom is 0.213 e. The van der Waals surface area contributed by atoms with Crippen LogP contribution in [0.2, 0.25) is 5.02 Å². The summed E-state index contributed by atoms with van der Waals surface area (Å²) in [5.41, 5.74) is 1.08. The van der Waals surface area contributed by atoms with Gasteiger partial charge in [-0.2, -0.15) is 0 Å². The second-order valence-corrected chi connectivity index (χ2v) is 5.47. The van der Waals surface area contributed by atoms with E-state index < -0.39 is 0 Å². The molecule has 0 saturated heterocycles. The molecule has 0 atom stereocenters. The van der Waals surface area contributed by atoms with E-state index in [-0.39, 0.29) is 5.54 Å². The van der Waals surface area contributed by atoms with Crippen molar-refractivity contribution in [3.63, 3.8) is 0 Å². The Hall–Kier alpha value is -0.800. The van der Waals surface area contributed by atoms with Crippen LogP contribution in [0.3, 0.4) is 0 Å². The molecular weight excluding hydrogens is 236 g/mol. The first-order valence-corrected chi connectivity index (χ1v) is 6.32. The molecule has 1 heterocycles. The molecule has 0 radical (unpaired) electrons. The molecule has 0 aliphatic carbocycles. The lowest BCUT2D eigenvalue weighted by Gasteiger charge is -2.21. The molecule has 3 nitrogen and oxygen atoms in total. The summed E-state index contributed by atoms with van der Waals surface area (Å²) in [4.78, 5) is 4.14. The van der Waals surface area contributed by atoms with Gasteiger partial charge in [0.2, 0.25) is 5.88 Å². The zero-order chi connectivity index (χ0) is 12.9. The SMILES string of the molecule is CCCOc1cc(CNC(C)(C)C)c(Cl)cn1. The van der Waals surface area contributed by atoms with Crippen LogP contribution in [0.5, 0.6) is 5.88 Å².